The maximum Gasteiger partial charge on any atom is 0.123 e. The highest BCUT2D eigenvalue weighted by Gasteiger charge is 2.28. The van der Waals surface area contributed by atoms with Crippen molar-refractivity contribution in [1.82, 2.24) is 4.90 Å². The van der Waals surface area contributed by atoms with Gasteiger partial charge in [-0.25, -0.2) is 0 Å². The molecule has 0 radical (unpaired) electrons. The Balaban J connectivity index is 3.41. The first-order valence-corrected chi connectivity index (χ1v) is 10.4. The molecule has 156 valence electrons. The second-order valence-electron chi connectivity index (χ2n) is 12.8. The van der Waals surface area contributed by atoms with Gasteiger partial charge in [-0.1, -0.05) is 95.2 Å². The number of rotatable bonds is 4. The summed E-state index contributed by atoms with van der Waals surface area (Å²) in [6.45, 7) is 30.0. The number of hydrogen-bond acceptors (Lipinski definition) is 2. The molecule has 0 bridgehead atoms. The first kappa shape index (κ1) is 24.0. The average molecular weight is 376 g/mol. The van der Waals surface area contributed by atoms with E-state index in [1.165, 1.54) is 5.56 Å². The van der Waals surface area contributed by atoms with E-state index < -0.39 is 0 Å². The molecule has 1 aromatic carbocycles. The predicted octanol–water partition coefficient (Wildman–Crippen LogP) is 6.88. The molecule has 1 aromatic rings. The van der Waals surface area contributed by atoms with E-state index in [9.17, 15) is 5.11 Å². The highest BCUT2D eigenvalue weighted by molar-refractivity contribution is 5.49. The van der Waals surface area contributed by atoms with Crippen LogP contribution in [0.1, 0.15) is 99.8 Å². The third-order valence-electron chi connectivity index (χ3n) is 4.59. The molecule has 0 unspecified atom stereocenters. The second kappa shape index (κ2) is 7.78. The topological polar surface area (TPSA) is 23.5 Å². The maximum atomic E-state index is 11.0. The molecule has 0 heterocycles. The van der Waals surface area contributed by atoms with Crippen molar-refractivity contribution in [3.8, 4) is 5.75 Å². The van der Waals surface area contributed by atoms with E-state index in [2.05, 4.69) is 100 Å². The molecule has 2 nitrogen and oxygen atoms in total. The van der Waals surface area contributed by atoms with Crippen LogP contribution in [-0.4, -0.2) is 23.1 Å². The van der Waals surface area contributed by atoms with Crippen LogP contribution in [0.25, 0.3) is 0 Å². The lowest BCUT2D eigenvalue weighted by molar-refractivity contribution is 0.134. The molecule has 0 aromatic heterocycles. The molecule has 0 aliphatic heterocycles. The SMILES string of the molecule is CC(C)(C)CN(Cc1cc(C(C)(C)C)c(O)c(C(C)(C)C)c1)CC(C)(C)C. The molecule has 0 saturated heterocycles. The molecular formula is C25H45NO. The largest absolute Gasteiger partial charge is 0.507 e. The summed E-state index contributed by atoms with van der Waals surface area (Å²) in [5.41, 5.74) is 3.74. The van der Waals surface area contributed by atoms with Gasteiger partial charge in [-0.3, -0.25) is 4.90 Å². The summed E-state index contributed by atoms with van der Waals surface area (Å²) in [7, 11) is 0. The Morgan fingerprint density at radius 2 is 1.00 bits per heavy atom. The zero-order valence-electron chi connectivity index (χ0n) is 20.2. The van der Waals surface area contributed by atoms with Crippen molar-refractivity contribution >= 4 is 0 Å². The second-order valence-corrected chi connectivity index (χ2v) is 12.8. The van der Waals surface area contributed by atoms with Gasteiger partial charge >= 0.3 is 0 Å². The maximum absolute atomic E-state index is 11.0. The van der Waals surface area contributed by atoms with Crippen molar-refractivity contribution in [2.75, 3.05) is 13.1 Å². The van der Waals surface area contributed by atoms with E-state index in [-0.39, 0.29) is 21.7 Å². The molecule has 27 heavy (non-hydrogen) atoms. The lowest BCUT2D eigenvalue weighted by atomic mass is 9.78. The predicted molar refractivity (Wildman–Crippen MR) is 120 cm³/mol. The van der Waals surface area contributed by atoms with E-state index >= 15 is 0 Å². The number of hydrogen-bond donors (Lipinski definition) is 1. The fourth-order valence-electron chi connectivity index (χ4n) is 3.70. The summed E-state index contributed by atoms with van der Waals surface area (Å²) < 4.78 is 0. The molecule has 0 atom stereocenters. The summed E-state index contributed by atoms with van der Waals surface area (Å²) in [5.74, 6) is 0.469. The number of phenols is 1. The van der Waals surface area contributed by atoms with E-state index in [0.717, 1.165) is 30.8 Å². The lowest BCUT2D eigenvalue weighted by Crippen LogP contribution is -2.38. The van der Waals surface area contributed by atoms with Gasteiger partial charge in [0.05, 0.1) is 0 Å². The third-order valence-corrected chi connectivity index (χ3v) is 4.59. The van der Waals surface area contributed by atoms with Crippen molar-refractivity contribution < 1.29 is 5.11 Å². The first-order valence-electron chi connectivity index (χ1n) is 10.4. The Kier molecular flexibility index (Phi) is 6.92. The van der Waals surface area contributed by atoms with E-state index in [0.29, 0.717) is 5.75 Å². The van der Waals surface area contributed by atoms with Crippen molar-refractivity contribution in [1.29, 1.82) is 0 Å². The van der Waals surface area contributed by atoms with Gasteiger partial charge in [0.25, 0.3) is 0 Å². The zero-order chi connectivity index (χ0) is 21.4. The minimum Gasteiger partial charge on any atom is -0.507 e. The van der Waals surface area contributed by atoms with Gasteiger partial charge in [0.2, 0.25) is 0 Å². The highest BCUT2D eigenvalue weighted by atomic mass is 16.3. The Labute approximate surface area is 169 Å². The van der Waals surface area contributed by atoms with E-state index in [1.54, 1.807) is 0 Å². The number of nitrogens with zero attached hydrogens (tertiary/aromatic N) is 1. The zero-order valence-corrected chi connectivity index (χ0v) is 20.2. The highest BCUT2D eigenvalue weighted by Crippen LogP contribution is 2.40. The number of phenolic OH excluding ortho intramolecular Hbond substituents is 1. The van der Waals surface area contributed by atoms with Crippen LogP contribution in [-0.2, 0) is 17.4 Å². The normalized spacial score (nSPS) is 14.1. The first-order chi connectivity index (χ1) is 11.8. The molecule has 0 fully saturated rings. The molecule has 0 spiro atoms. The van der Waals surface area contributed by atoms with E-state index in [4.69, 9.17) is 0 Å². The van der Waals surface area contributed by atoms with Crippen LogP contribution < -0.4 is 0 Å². The Bertz CT molecular complexity index is 579. The van der Waals surface area contributed by atoms with Crippen LogP contribution in [0.5, 0.6) is 5.75 Å². The average Bonchev–Trinajstić information content (AvgIpc) is 2.33. The quantitative estimate of drug-likeness (QED) is 0.620. The van der Waals surface area contributed by atoms with Crippen molar-refractivity contribution in [2.45, 2.75) is 100 Å². The smallest absolute Gasteiger partial charge is 0.123 e. The van der Waals surface area contributed by atoms with Crippen LogP contribution in [0.15, 0.2) is 12.1 Å². The number of aromatic hydroxyl groups is 1. The van der Waals surface area contributed by atoms with Crippen LogP contribution in [0, 0.1) is 10.8 Å². The van der Waals surface area contributed by atoms with Crippen molar-refractivity contribution in [3.63, 3.8) is 0 Å². The Hall–Kier alpha value is -1.02. The van der Waals surface area contributed by atoms with Gasteiger partial charge in [0.1, 0.15) is 5.75 Å². The van der Waals surface area contributed by atoms with Crippen LogP contribution in [0.2, 0.25) is 0 Å². The molecule has 1 N–H and O–H groups in total. The molecule has 2 heteroatoms. The van der Waals surface area contributed by atoms with Gasteiger partial charge in [0.15, 0.2) is 0 Å². The van der Waals surface area contributed by atoms with Crippen molar-refractivity contribution in [2.24, 2.45) is 10.8 Å². The van der Waals surface area contributed by atoms with Gasteiger partial charge < -0.3 is 5.11 Å². The van der Waals surface area contributed by atoms with Crippen LogP contribution >= 0.6 is 0 Å². The van der Waals surface area contributed by atoms with Gasteiger partial charge in [-0.2, -0.15) is 0 Å². The fraction of sp³-hybridized carbons (Fsp3) is 0.760. The summed E-state index contributed by atoms with van der Waals surface area (Å²) in [5, 5.41) is 11.0. The Morgan fingerprint density at radius 3 is 1.26 bits per heavy atom. The minimum absolute atomic E-state index is 0.0843. The minimum atomic E-state index is -0.0843. The molecular weight excluding hydrogens is 330 g/mol. The van der Waals surface area contributed by atoms with Gasteiger partial charge in [0, 0.05) is 19.6 Å². The van der Waals surface area contributed by atoms with Crippen LogP contribution in [0.4, 0.5) is 0 Å². The summed E-state index contributed by atoms with van der Waals surface area (Å²) in [6.07, 6.45) is 0. The monoisotopic (exact) mass is 375 g/mol. The molecule has 1 rings (SSSR count). The Morgan fingerprint density at radius 1 is 0.667 bits per heavy atom. The summed E-state index contributed by atoms with van der Waals surface area (Å²) >= 11 is 0. The molecule has 0 amide bonds. The van der Waals surface area contributed by atoms with Gasteiger partial charge in [-0.05, 0) is 38.4 Å². The fourth-order valence-corrected chi connectivity index (χ4v) is 3.70. The van der Waals surface area contributed by atoms with Crippen molar-refractivity contribution in [3.05, 3.63) is 28.8 Å². The standard InChI is InChI=1S/C25H45NO/c1-22(2,3)16-26(17-23(4,5)6)15-18-13-19(24(7,8)9)21(27)20(14-18)25(10,11)12/h13-14,27H,15-17H2,1-12H3. The number of benzene rings is 1. The lowest BCUT2D eigenvalue weighted by Gasteiger charge is -2.35. The third kappa shape index (κ3) is 7.86. The summed E-state index contributed by atoms with van der Waals surface area (Å²) in [6, 6.07) is 4.45. The van der Waals surface area contributed by atoms with Crippen LogP contribution in [0.3, 0.4) is 0 Å². The molecule has 0 saturated carbocycles. The van der Waals surface area contributed by atoms with Gasteiger partial charge in [-0.15, -0.1) is 0 Å². The van der Waals surface area contributed by atoms with E-state index in [1.807, 2.05) is 0 Å². The summed E-state index contributed by atoms with van der Waals surface area (Å²) in [4.78, 5) is 2.57. The molecule has 0 aliphatic rings. The molecule has 0 aliphatic carbocycles.